The number of aliphatic hydroxyl groups is 1. The van der Waals surface area contributed by atoms with E-state index in [9.17, 15) is 28.2 Å². The predicted octanol–water partition coefficient (Wildman–Crippen LogP) is 4.93. The summed E-state index contributed by atoms with van der Waals surface area (Å²) in [5.74, 6) is 0.0509. The van der Waals surface area contributed by atoms with Gasteiger partial charge in [0.05, 0.1) is 18.3 Å². The van der Waals surface area contributed by atoms with Gasteiger partial charge in [-0.25, -0.2) is 0 Å². The summed E-state index contributed by atoms with van der Waals surface area (Å²) < 4.78 is 45.0. The van der Waals surface area contributed by atoms with Gasteiger partial charge in [-0.05, 0) is 74.1 Å². The number of phenols is 1. The number of rotatable bonds is 6. The molecule has 3 aliphatic rings. The van der Waals surface area contributed by atoms with Crippen LogP contribution in [0.1, 0.15) is 47.9 Å². The van der Waals surface area contributed by atoms with Crippen LogP contribution in [-0.4, -0.2) is 70.9 Å². The lowest BCUT2D eigenvalue weighted by atomic mass is 9.48. The number of hydrogen-bond donors (Lipinski definition) is 2. The van der Waals surface area contributed by atoms with Gasteiger partial charge in [0.25, 0.3) is 0 Å². The highest BCUT2D eigenvalue weighted by molar-refractivity contribution is 5.91. The first-order valence-corrected chi connectivity index (χ1v) is 13.5. The fourth-order valence-corrected chi connectivity index (χ4v) is 7.37. The van der Waals surface area contributed by atoms with Crippen LogP contribution < -0.4 is 4.74 Å². The average Bonchev–Trinajstić information content (AvgIpc) is 2.92. The highest BCUT2D eigenvalue weighted by Crippen LogP contribution is 2.61. The molecule has 5 rings (SSSR count). The molecule has 1 amide bonds. The van der Waals surface area contributed by atoms with Crippen LogP contribution in [0.15, 0.2) is 55.1 Å². The molecule has 6 nitrogen and oxygen atoms in total. The summed E-state index contributed by atoms with van der Waals surface area (Å²) in [5.41, 5.74) is -0.515. The minimum absolute atomic E-state index is 0.0144. The normalized spacial score (nSPS) is 28.1. The molecule has 1 aliphatic heterocycles. The van der Waals surface area contributed by atoms with E-state index in [1.54, 1.807) is 18.0 Å². The Kier molecular flexibility index (Phi) is 7.25. The number of likely N-dealkylation sites (N-methyl/N-ethyl adjacent to an activating group) is 1. The number of nitrogens with zero attached hydrogens (tertiary/aromatic N) is 2. The Labute approximate surface area is 232 Å². The van der Waals surface area contributed by atoms with E-state index in [1.165, 1.54) is 31.4 Å². The molecule has 1 saturated carbocycles. The monoisotopic (exact) mass is 556 g/mol. The van der Waals surface area contributed by atoms with Gasteiger partial charge in [-0.15, -0.1) is 6.58 Å². The van der Waals surface area contributed by atoms with Crippen LogP contribution in [0.2, 0.25) is 0 Å². The first-order valence-electron chi connectivity index (χ1n) is 13.5. The zero-order chi connectivity index (χ0) is 28.9. The summed E-state index contributed by atoms with van der Waals surface area (Å²) >= 11 is 0. The highest BCUT2D eigenvalue weighted by atomic mass is 19.4. The van der Waals surface area contributed by atoms with E-state index in [0.29, 0.717) is 44.4 Å². The number of benzene rings is 2. The number of fused-ring (bicyclic) bond motifs is 1. The van der Waals surface area contributed by atoms with E-state index in [4.69, 9.17) is 4.74 Å². The number of carbonyl (C=O) groups is 1. The number of halogens is 3. The van der Waals surface area contributed by atoms with Crippen LogP contribution in [0, 0.1) is 0 Å². The van der Waals surface area contributed by atoms with Gasteiger partial charge in [-0.1, -0.05) is 24.3 Å². The molecule has 1 unspecified atom stereocenters. The number of amides is 1. The summed E-state index contributed by atoms with van der Waals surface area (Å²) in [7, 11) is 3.21. The van der Waals surface area contributed by atoms with Crippen LogP contribution >= 0.6 is 0 Å². The second-order valence-corrected chi connectivity index (χ2v) is 11.2. The van der Waals surface area contributed by atoms with Gasteiger partial charge in [-0.3, -0.25) is 9.69 Å². The molecule has 1 heterocycles. The fourth-order valence-electron chi connectivity index (χ4n) is 7.37. The Morgan fingerprint density at radius 3 is 2.75 bits per heavy atom. The van der Waals surface area contributed by atoms with Crippen molar-refractivity contribution in [2.45, 2.75) is 61.4 Å². The maximum atomic E-state index is 13.2. The predicted molar refractivity (Wildman–Crippen MR) is 146 cm³/mol. The number of ether oxygens (including phenoxy) is 1. The number of alkyl halides is 3. The van der Waals surface area contributed by atoms with Crippen molar-refractivity contribution in [2.24, 2.45) is 0 Å². The maximum Gasteiger partial charge on any atom is 0.416 e. The number of methoxy groups -OCH3 is 1. The Morgan fingerprint density at radius 1 is 1.27 bits per heavy atom. The smallest absolute Gasteiger partial charge is 0.416 e. The van der Waals surface area contributed by atoms with Crippen molar-refractivity contribution in [2.75, 3.05) is 27.2 Å². The Hall–Kier alpha value is -3.30. The third-order valence-electron chi connectivity index (χ3n) is 9.30. The van der Waals surface area contributed by atoms with Crippen molar-refractivity contribution >= 4 is 12.0 Å². The van der Waals surface area contributed by atoms with Crippen molar-refractivity contribution in [3.05, 3.63) is 77.4 Å². The Balaban J connectivity index is 1.47. The highest BCUT2D eigenvalue weighted by Gasteiger charge is 2.66. The lowest BCUT2D eigenvalue weighted by Crippen LogP contribution is -2.74. The summed E-state index contributed by atoms with van der Waals surface area (Å²) in [6.07, 6.45) is 2.77. The lowest BCUT2D eigenvalue weighted by Gasteiger charge is -2.65. The second kappa shape index (κ2) is 10.3. The topological polar surface area (TPSA) is 73.2 Å². The molecule has 2 aromatic carbocycles. The van der Waals surface area contributed by atoms with E-state index in [-0.39, 0.29) is 29.3 Å². The molecule has 40 heavy (non-hydrogen) atoms. The van der Waals surface area contributed by atoms with E-state index in [2.05, 4.69) is 11.5 Å². The van der Waals surface area contributed by atoms with Crippen molar-refractivity contribution in [3.8, 4) is 11.5 Å². The summed E-state index contributed by atoms with van der Waals surface area (Å²) in [6, 6.07) is 7.99. The number of carbonyl (C=O) groups excluding carboxylic acids is 1. The van der Waals surface area contributed by atoms with Gasteiger partial charge in [0, 0.05) is 42.7 Å². The van der Waals surface area contributed by atoms with Gasteiger partial charge in [-0.2, -0.15) is 13.2 Å². The molecule has 2 bridgehead atoms. The quantitative estimate of drug-likeness (QED) is 0.390. The fraction of sp³-hybridized carbons (Fsp3) is 0.452. The van der Waals surface area contributed by atoms with Crippen molar-refractivity contribution in [1.82, 2.24) is 9.80 Å². The molecule has 0 radical (unpaired) electrons. The summed E-state index contributed by atoms with van der Waals surface area (Å²) in [4.78, 5) is 17.1. The molecule has 2 aliphatic carbocycles. The van der Waals surface area contributed by atoms with E-state index in [0.717, 1.165) is 29.8 Å². The van der Waals surface area contributed by atoms with Crippen LogP contribution in [-0.2, 0) is 22.8 Å². The molecular weight excluding hydrogens is 521 g/mol. The minimum Gasteiger partial charge on any atom is -0.504 e. The second-order valence-electron chi connectivity index (χ2n) is 11.2. The van der Waals surface area contributed by atoms with Gasteiger partial charge < -0.3 is 19.8 Å². The van der Waals surface area contributed by atoms with E-state index < -0.39 is 22.8 Å². The van der Waals surface area contributed by atoms with Gasteiger partial charge >= 0.3 is 6.18 Å². The number of aromatic hydroxyl groups is 1. The van der Waals surface area contributed by atoms with E-state index >= 15 is 0 Å². The largest absolute Gasteiger partial charge is 0.504 e. The average molecular weight is 557 g/mol. The molecular formula is C31H35F3N2O4. The van der Waals surface area contributed by atoms with Gasteiger partial charge in [0.15, 0.2) is 11.5 Å². The molecule has 1 saturated heterocycles. The SMILES string of the molecule is C=CCN1CC[C@]23CC(N(C)C(=O)/C=C/c4cccc(C(F)(F)F)c4)CC[C@@]2(O)[C@H]1Cc1ccc(O)c(OC)c13. The maximum absolute atomic E-state index is 13.2. The molecule has 2 aromatic rings. The minimum atomic E-state index is -4.46. The van der Waals surface area contributed by atoms with Crippen molar-refractivity contribution < 1.29 is 32.9 Å². The molecule has 2 N–H and O–H groups in total. The van der Waals surface area contributed by atoms with Crippen LogP contribution in [0.25, 0.3) is 6.08 Å². The zero-order valence-electron chi connectivity index (χ0n) is 22.7. The lowest BCUT2D eigenvalue weighted by molar-refractivity contribution is -0.175. The third kappa shape index (κ3) is 4.49. The zero-order valence-corrected chi connectivity index (χ0v) is 22.7. The standard InChI is InChI=1S/C31H35F3N2O4/c1-4-15-36-16-14-29-19-23(35(2)26(38)11-8-20-6-5-7-22(17-20)31(32,33)34)12-13-30(29,39)25(36)18-21-9-10-24(37)28(40-3)27(21)29/h4-11,17,23,25,37,39H,1,12-16,18-19H2,2-3H3/b11-8+/t23?,25-,29-,30-/m1/s1. The molecule has 4 atom stereocenters. The van der Waals surface area contributed by atoms with E-state index in [1.807, 2.05) is 12.1 Å². The molecule has 9 heteroatoms. The van der Waals surface area contributed by atoms with Crippen LogP contribution in [0.5, 0.6) is 11.5 Å². The number of hydrogen-bond acceptors (Lipinski definition) is 5. The summed E-state index contributed by atoms with van der Waals surface area (Å²) in [5, 5.41) is 23.2. The number of piperidine rings is 1. The molecule has 2 fully saturated rings. The molecule has 0 aromatic heterocycles. The number of likely N-dealkylation sites (tertiary alicyclic amines) is 1. The molecule has 214 valence electrons. The molecule has 0 spiro atoms. The van der Waals surface area contributed by atoms with Gasteiger partial charge in [0.2, 0.25) is 5.91 Å². The first-order chi connectivity index (χ1) is 18.9. The number of phenolic OH excluding ortho intramolecular Hbond substituents is 1. The Morgan fingerprint density at radius 2 is 2.05 bits per heavy atom. The Bertz CT molecular complexity index is 1340. The first kappa shape index (κ1) is 28.2. The van der Waals surface area contributed by atoms with Gasteiger partial charge in [0.1, 0.15) is 0 Å². The van der Waals surface area contributed by atoms with Crippen LogP contribution in [0.3, 0.4) is 0 Å². The summed E-state index contributed by atoms with van der Waals surface area (Å²) in [6.45, 7) is 5.26. The third-order valence-corrected chi connectivity index (χ3v) is 9.30. The van der Waals surface area contributed by atoms with Crippen molar-refractivity contribution in [1.29, 1.82) is 0 Å². The van der Waals surface area contributed by atoms with Crippen LogP contribution in [0.4, 0.5) is 13.2 Å². The van der Waals surface area contributed by atoms with Crippen molar-refractivity contribution in [3.63, 3.8) is 0 Å².